The molecule has 0 fully saturated rings. The van der Waals surface area contributed by atoms with E-state index in [1.54, 1.807) is 12.1 Å². The summed E-state index contributed by atoms with van der Waals surface area (Å²) >= 11 is 0. The molecule has 0 aliphatic heterocycles. The molecule has 0 radical (unpaired) electrons. The van der Waals surface area contributed by atoms with Crippen molar-refractivity contribution in [3.63, 3.8) is 0 Å². The fourth-order valence-electron chi connectivity index (χ4n) is 3.26. The Balaban J connectivity index is 0.00000107. The van der Waals surface area contributed by atoms with Gasteiger partial charge >= 0.3 is 5.63 Å². The molecule has 3 rings (SSSR count). The summed E-state index contributed by atoms with van der Waals surface area (Å²) < 4.78 is 11.3. The minimum absolute atomic E-state index is 0.357. The van der Waals surface area contributed by atoms with Gasteiger partial charge in [-0.05, 0) is 55.0 Å². The third kappa shape index (κ3) is 8.09. The molecule has 3 heteroatoms. The van der Waals surface area contributed by atoms with Gasteiger partial charge < -0.3 is 9.15 Å². The normalized spacial score (nSPS) is 11.4. The molecular weight excluding hydrogens is 384 g/mol. The minimum atomic E-state index is -0.357. The Kier molecular flexibility index (Phi) is 10.1. The smallest absolute Gasteiger partial charge is 0.336 e. The van der Waals surface area contributed by atoms with Gasteiger partial charge in [-0.3, -0.25) is 0 Å². The Bertz CT molecular complexity index is 1010. The highest BCUT2D eigenvalue weighted by atomic mass is 16.5. The zero-order valence-corrected chi connectivity index (χ0v) is 19.6. The van der Waals surface area contributed by atoms with E-state index in [9.17, 15) is 4.79 Å². The van der Waals surface area contributed by atoms with Gasteiger partial charge in [-0.25, -0.2) is 4.79 Å². The Labute approximate surface area is 186 Å². The van der Waals surface area contributed by atoms with Crippen molar-refractivity contribution in [1.29, 1.82) is 0 Å². The molecule has 1 aromatic heterocycles. The molecule has 0 unspecified atom stereocenters. The van der Waals surface area contributed by atoms with E-state index in [4.69, 9.17) is 9.15 Å². The van der Waals surface area contributed by atoms with E-state index in [0.717, 1.165) is 28.9 Å². The molecule has 2 aromatic carbocycles. The number of fused-ring (bicyclic) bond motifs is 1. The van der Waals surface area contributed by atoms with E-state index in [2.05, 4.69) is 40.7 Å². The second kappa shape index (κ2) is 12.8. The molecule has 1 heterocycles. The van der Waals surface area contributed by atoms with Crippen molar-refractivity contribution in [3.8, 4) is 16.9 Å². The first-order valence-corrected chi connectivity index (χ1v) is 11.4. The van der Waals surface area contributed by atoms with Gasteiger partial charge in [0.1, 0.15) is 17.9 Å². The van der Waals surface area contributed by atoms with Gasteiger partial charge in [0, 0.05) is 17.5 Å². The summed E-state index contributed by atoms with van der Waals surface area (Å²) in [7, 11) is 0. The van der Waals surface area contributed by atoms with E-state index in [0.29, 0.717) is 17.9 Å². The fourth-order valence-corrected chi connectivity index (χ4v) is 3.26. The maximum absolute atomic E-state index is 12.0. The van der Waals surface area contributed by atoms with Gasteiger partial charge in [-0.15, -0.1) is 0 Å². The molecule has 3 nitrogen and oxygen atoms in total. The van der Waals surface area contributed by atoms with E-state index in [-0.39, 0.29) is 5.63 Å². The minimum Gasteiger partial charge on any atom is -0.489 e. The van der Waals surface area contributed by atoms with Crippen LogP contribution in [0.2, 0.25) is 0 Å². The second-order valence-corrected chi connectivity index (χ2v) is 8.36. The van der Waals surface area contributed by atoms with Crippen molar-refractivity contribution in [3.05, 3.63) is 76.7 Å². The lowest BCUT2D eigenvalue weighted by molar-refractivity contribution is 0.361. The number of hydrogen-bond donors (Lipinski definition) is 0. The maximum Gasteiger partial charge on any atom is 0.336 e. The zero-order chi connectivity index (χ0) is 22.6. The van der Waals surface area contributed by atoms with E-state index in [1.165, 1.54) is 24.8 Å². The summed E-state index contributed by atoms with van der Waals surface area (Å²) in [6.07, 6.45) is 6.94. The predicted molar refractivity (Wildman–Crippen MR) is 132 cm³/mol. The second-order valence-electron chi connectivity index (χ2n) is 8.36. The summed E-state index contributed by atoms with van der Waals surface area (Å²) in [5, 5.41) is 0.901. The van der Waals surface area contributed by atoms with Crippen LogP contribution in [0.4, 0.5) is 0 Å². The zero-order valence-electron chi connectivity index (χ0n) is 19.6. The predicted octanol–water partition coefficient (Wildman–Crippen LogP) is 8.03. The number of rotatable bonds is 8. The fraction of sp³-hybridized carbons (Fsp3) is 0.393. The van der Waals surface area contributed by atoms with Crippen LogP contribution in [0.1, 0.15) is 60.3 Å². The number of hydrogen-bond acceptors (Lipinski definition) is 3. The molecule has 166 valence electrons. The van der Waals surface area contributed by atoms with Crippen molar-refractivity contribution >= 4 is 11.0 Å². The number of benzene rings is 2. The molecule has 0 atom stereocenters. The van der Waals surface area contributed by atoms with Crippen molar-refractivity contribution in [2.75, 3.05) is 6.61 Å². The molecule has 0 spiro atoms. The van der Waals surface area contributed by atoms with Crippen LogP contribution in [-0.4, -0.2) is 6.61 Å². The summed E-state index contributed by atoms with van der Waals surface area (Å²) in [5.74, 6) is 1.45. The van der Waals surface area contributed by atoms with Crippen LogP contribution in [0.15, 0.2) is 75.5 Å². The summed E-state index contributed by atoms with van der Waals surface area (Å²) in [6, 6.07) is 17.1. The van der Waals surface area contributed by atoms with Crippen molar-refractivity contribution in [2.45, 2.75) is 60.3 Å². The summed E-state index contributed by atoms with van der Waals surface area (Å²) in [6.45, 7) is 11.4. The molecule has 0 amide bonds. The average molecular weight is 421 g/mol. The molecule has 0 aliphatic carbocycles. The number of allylic oxidation sites excluding steroid dienone is 1. The van der Waals surface area contributed by atoms with Crippen LogP contribution in [-0.2, 0) is 0 Å². The van der Waals surface area contributed by atoms with Crippen LogP contribution < -0.4 is 10.4 Å². The average Bonchev–Trinajstić information content (AvgIpc) is 2.74. The van der Waals surface area contributed by atoms with Crippen LogP contribution in [0, 0.1) is 5.92 Å². The van der Waals surface area contributed by atoms with E-state index in [1.807, 2.05) is 42.5 Å². The van der Waals surface area contributed by atoms with Crippen LogP contribution in [0.5, 0.6) is 5.75 Å². The standard InChI is InChI=1S/C25H28O3.C3H8/c1-18(2)8-7-9-19(3)14-15-27-21-12-13-22-23(20-10-5-4-6-11-20)17-25(26)28-24(22)16-21;1-3-2/h4-6,10-14,16-18H,7-9,15H2,1-3H3;3H2,1-2H3/b19-14+;. The van der Waals surface area contributed by atoms with Crippen LogP contribution in [0.25, 0.3) is 22.1 Å². The first-order valence-electron chi connectivity index (χ1n) is 11.4. The van der Waals surface area contributed by atoms with Crippen LogP contribution >= 0.6 is 0 Å². The molecule has 0 aliphatic rings. The van der Waals surface area contributed by atoms with Gasteiger partial charge in [0.15, 0.2) is 0 Å². The Morgan fingerprint density at radius 2 is 1.77 bits per heavy atom. The molecule has 3 aromatic rings. The van der Waals surface area contributed by atoms with Gasteiger partial charge in [0.05, 0.1) is 0 Å². The molecule has 0 bridgehead atoms. The summed E-state index contributed by atoms with van der Waals surface area (Å²) in [5.41, 5.74) is 3.40. The Morgan fingerprint density at radius 3 is 2.45 bits per heavy atom. The van der Waals surface area contributed by atoms with Crippen LogP contribution in [0.3, 0.4) is 0 Å². The molecular formula is C28H36O3. The molecule has 31 heavy (non-hydrogen) atoms. The van der Waals surface area contributed by atoms with Gasteiger partial charge in [0.25, 0.3) is 0 Å². The van der Waals surface area contributed by atoms with Crippen molar-refractivity contribution < 1.29 is 9.15 Å². The quantitative estimate of drug-likeness (QED) is 0.273. The SMILES string of the molecule is C/C(=C\COc1ccc2c(-c3ccccc3)cc(=O)oc2c1)CCCC(C)C.CCC. The first kappa shape index (κ1) is 24.5. The summed E-state index contributed by atoms with van der Waals surface area (Å²) in [4.78, 5) is 12.0. The van der Waals surface area contributed by atoms with E-state index >= 15 is 0 Å². The Morgan fingerprint density at radius 1 is 1.06 bits per heavy atom. The number of ether oxygens (including phenoxy) is 1. The lowest BCUT2D eigenvalue weighted by atomic mass is 10.0. The lowest BCUT2D eigenvalue weighted by Gasteiger charge is -2.09. The van der Waals surface area contributed by atoms with E-state index < -0.39 is 0 Å². The van der Waals surface area contributed by atoms with Gasteiger partial charge in [-0.1, -0.05) is 76.4 Å². The Hall–Kier alpha value is -2.81. The van der Waals surface area contributed by atoms with Gasteiger partial charge in [0.2, 0.25) is 0 Å². The highest BCUT2D eigenvalue weighted by Crippen LogP contribution is 2.29. The topological polar surface area (TPSA) is 39.4 Å². The van der Waals surface area contributed by atoms with Crippen molar-refractivity contribution in [1.82, 2.24) is 0 Å². The van der Waals surface area contributed by atoms with Gasteiger partial charge in [-0.2, -0.15) is 0 Å². The largest absolute Gasteiger partial charge is 0.489 e. The maximum atomic E-state index is 12.0. The monoisotopic (exact) mass is 420 g/mol. The third-order valence-electron chi connectivity index (χ3n) is 4.84. The molecule has 0 saturated heterocycles. The first-order chi connectivity index (χ1) is 14.9. The van der Waals surface area contributed by atoms with Crippen molar-refractivity contribution in [2.24, 2.45) is 5.92 Å². The molecule has 0 N–H and O–H groups in total. The molecule has 0 saturated carbocycles. The highest BCUT2D eigenvalue weighted by Gasteiger charge is 2.09. The third-order valence-corrected chi connectivity index (χ3v) is 4.84. The lowest BCUT2D eigenvalue weighted by Crippen LogP contribution is -1.99. The highest BCUT2D eigenvalue weighted by molar-refractivity contribution is 5.93.